The molecule has 3 N–H and O–H groups in total. The molecule has 0 radical (unpaired) electrons. The maximum absolute atomic E-state index is 13.2. The van der Waals surface area contributed by atoms with Crippen LogP contribution in [0.5, 0.6) is 0 Å². The van der Waals surface area contributed by atoms with Gasteiger partial charge in [-0.3, -0.25) is 9.59 Å². The molecule has 0 bridgehead atoms. The number of hydrogen-bond acceptors (Lipinski definition) is 5. The highest BCUT2D eigenvalue weighted by molar-refractivity contribution is 5.77. The molecule has 3 unspecified atom stereocenters. The number of carbonyl (C=O) groups is 2. The van der Waals surface area contributed by atoms with Crippen molar-refractivity contribution in [1.29, 1.82) is 0 Å². The molecular weight excluding hydrogens is 743 g/mol. The van der Waals surface area contributed by atoms with Crippen molar-refractivity contribution in [3.63, 3.8) is 0 Å². The molecule has 0 aliphatic heterocycles. The molecule has 0 heterocycles. The second-order valence-electron chi connectivity index (χ2n) is 18.0. The van der Waals surface area contributed by atoms with Crippen LogP contribution < -0.4 is 5.32 Å². The zero-order valence-corrected chi connectivity index (χ0v) is 40.1. The average Bonchev–Trinajstić information content (AvgIpc) is 3.24. The van der Waals surface area contributed by atoms with Crippen LogP contribution in [0.25, 0.3) is 0 Å². The van der Waals surface area contributed by atoms with E-state index in [0.29, 0.717) is 19.3 Å². The van der Waals surface area contributed by atoms with Crippen LogP contribution >= 0.6 is 0 Å². The van der Waals surface area contributed by atoms with Gasteiger partial charge in [-0.15, -0.1) is 0 Å². The van der Waals surface area contributed by atoms with E-state index >= 15 is 0 Å². The van der Waals surface area contributed by atoms with Gasteiger partial charge in [0.2, 0.25) is 5.91 Å². The number of nitrogens with one attached hydrogen (secondary N) is 1. The van der Waals surface area contributed by atoms with E-state index in [1.807, 2.05) is 0 Å². The van der Waals surface area contributed by atoms with E-state index in [-0.39, 0.29) is 24.9 Å². The number of esters is 1. The third-order valence-corrected chi connectivity index (χ3v) is 12.0. The van der Waals surface area contributed by atoms with Gasteiger partial charge in [0.25, 0.3) is 0 Å². The second-order valence-corrected chi connectivity index (χ2v) is 18.0. The summed E-state index contributed by atoms with van der Waals surface area (Å²) in [5.41, 5.74) is 0. The molecule has 352 valence electrons. The first-order chi connectivity index (χ1) is 29.5. The van der Waals surface area contributed by atoms with Crippen molar-refractivity contribution in [3.8, 4) is 0 Å². The maximum Gasteiger partial charge on any atom is 0.306 e. The van der Waals surface area contributed by atoms with Crippen LogP contribution in [0.1, 0.15) is 271 Å². The number of ether oxygens (including phenoxy) is 1. The third-order valence-electron chi connectivity index (χ3n) is 12.0. The summed E-state index contributed by atoms with van der Waals surface area (Å²) >= 11 is 0. The minimum atomic E-state index is -0.794. The van der Waals surface area contributed by atoms with E-state index < -0.39 is 18.2 Å². The molecule has 3 atom stereocenters. The van der Waals surface area contributed by atoms with E-state index in [1.54, 1.807) is 0 Å². The summed E-state index contributed by atoms with van der Waals surface area (Å²) in [6.45, 7) is 6.46. The lowest BCUT2D eigenvalue weighted by atomic mass is 10.0. The highest BCUT2D eigenvalue weighted by Crippen LogP contribution is 2.18. The Kier molecular flexibility index (Phi) is 46.6. The molecule has 0 aliphatic rings. The molecule has 0 spiro atoms. The van der Waals surface area contributed by atoms with Gasteiger partial charge in [-0.05, 0) is 51.4 Å². The van der Waals surface area contributed by atoms with Crippen LogP contribution in [0, 0.1) is 0 Å². The van der Waals surface area contributed by atoms with Crippen molar-refractivity contribution < 1.29 is 24.5 Å². The van der Waals surface area contributed by atoms with Gasteiger partial charge < -0.3 is 20.3 Å². The predicted molar refractivity (Wildman–Crippen MR) is 259 cm³/mol. The third kappa shape index (κ3) is 42.8. The summed E-state index contributed by atoms with van der Waals surface area (Å²) < 4.78 is 5.92. The molecule has 0 saturated heterocycles. The van der Waals surface area contributed by atoms with Gasteiger partial charge in [-0.1, -0.05) is 243 Å². The van der Waals surface area contributed by atoms with Crippen molar-refractivity contribution in [3.05, 3.63) is 36.5 Å². The zero-order valence-electron chi connectivity index (χ0n) is 40.1. The van der Waals surface area contributed by atoms with E-state index in [0.717, 1.165) is 70.6 Å². The largest absolute Gasteiger partial charge is 0.462 e. The number of hydrogen-bond donors (Lipinski definition) is 3. The number of unbranched alkanes of at least 4 members (excludes halogenated alkanes) is 31. The van der Waals surface area contributed by atoms with E-state index in [2.05, 4.69) is 62.5 Å². The van der Waals surface area contributed by atoms with Crippen LogP contribution in [-0.2, 0) is 14.3 Å². The fraction of sp³-hybridized carbons (Fsp3) is 0.852. The lowest BCUT2D eigenvalue weighted by molar-refractivity contribution is -0.151. The summed E-state index contributed by atoms with van der Waals surface area (Å²) in [4.78, 5) is 26.1. The minimum absolute atomic E-state index is 0.0586. The Balaban J connectivity index is 4.62. The van der Waals surface area contributed by atoms with Crippen molar-refractivity contribution in [2.45, 2.75) is 289 Å². The Morgan fingerprint density at radius 3 is 1.28 bits per heavy atom. The van der Waals surface area contributed by atoms with Gasteiger partial charge >= 0.3 is 5.97 Å². The smallest absolute Gasteiger partial charge is 0.306 e. The molecule has 60 heavy (non-hydrogen) atoms. The van der Waals surface area contributed by atoms with Crippen LogP contribution in [0.3, 0.4) is 0 Å². The monoisotopic (exact) mass is 844 g/mol. The minimum Gasteiger partial charge on any atom is -0.462 e. The molecule has 0 aromatic heterocycles. The Morgan fingerprint density at radius 2 is 0.850 bits per heavy atom. The predicted octanol–water partition coefficient (Wildman–Crippen LogP) is 15.7. The lowest BCUT2D eigenvalue weighted by Crippen LogP contribution is -2.46. The molecule has 6 heteroatoms. The van der Waals surface area contributed by atoms with Crippen LogP contribution in [0.4, 0.5) is 0 Å². The Hall–Kier alpha value is -1.92. The fourth-order valence-electron chi connectivity index (χ4n) is 8.02. The number of aliphatic hydroxyl groups is 2. The van der Waals surface area contributed by atoms with Gasteiger partial charge in [-0.2, -0.15) is 0 Å². The number of allylic oxidation sites excluding steroid dienone is 6. The topological polar surface area (TPSA) is 95.9 Å². The van der Waals surface area contributed by atoms with E-state index in [4.69, 9.17) is 4.74 Å². The molecule has 1 amide bonds. The summed E-state index contributed by atoms with van der Waals surface area (Å²) in [7, 11) is 0. The lowest BCUT2D eigenvalue weighted by Gasteiger charge is -2.24. The van der Waals surface area contributed by atoms with Crippen molar-refractivity contribution in [1.82, 2.24) is 5.32 Å². The van der Waals surface area contributed by atoms with Gasteiger partial charge in [-0.25, -0.2) is 0 Å². The first-order valence-electron chi connectivity index (χ1n) is 26.2. The van der Waals surface area contributed by atoms with E-state index in [1.165, 1.54) is 154 Å². The van der Waals surface area contributed by atoms with Gasteiger partial charge in [0.05, 0.1) is 25.2 Å². The number of carbonyl (C=O) groups excluding carboxylic acids is 2. The molecule has 0 aromatic rings. The highest BCUT2D eigenvalue weighted by atomic mass is 16.5. The molecule has 6 nitrogen and oxygen atoms in total. The average molecular weight is 844 g/mol. The van der Waals surface area contributed by atoms with E-state index in [9.17, 15) is 19.8 Å². The van der Waals surface area contributed by atoms with Crippen molar-refractivity contribution in [2.24, 2.45) is 0 Å². The number of aliphatic hydroxyl groups excluding tert-OH is 2. The normalized spacial score (nSPS) is 13.5. The first kappa shape index (κ1) is 58.1. The standard InChI is InChI=1S/C54H101NO5/c1-4-7-10-13-16-19-22-24-26-27-28-31-33-36-39-42-45-50(60-54(59)47-44-41-38-35-30-21-18-15-12-9-6-3)48-53(58)55-51(49-56)52(57)46-43-40-37-34-32-29-25-23-20-17-14-11-8-5-2/h22,24,26-28,31,50-52,56-57H,4-21,23,25,29-30,32-49H2,1-3H3,(H,55,58)/b24-22+,27-26+,31-28+. The Labute approximate surface area is 373 Å². The summed E-state index contributed by atoms with van der Waals surface area (Å²) in [5.74, 6) is -0.498. The van der Waals surface area contributed by atoms with Crippen LogP contribution in [0.15, 0.2) is 36.5 Å². The quantitative estimate of drug-likeness (QED) is 0.0322. The molecule has 0 fully saturated rings. The van der Waals surface area contributed by atoms with Crippen molar-refractivity contribution >= 4 is 11.9 Å². The zero-order chi connectivity index (χ0) is 43.8. The molecule has 0 rings (SSSR count). The van der Waals surface area contributed by atoms with Crippen LogP contribution in [-0.4, -0.2) is 46.9 Å². The number of amides is 1. The van der Waals surface area contributed by atoms with Crippen LogP contribution in [0.2, 0.25) is 0 Å². The van der Waals surface area contributed by atoms with Gasteiger partial charge in [0.1, 0.15) is 6.10 Å². The summed E-state index contributed by atoms with van der Waals surface area (Å²) in [6, 6.07) is -0.709. The molecule has 0 saturated carbocycles. The van der Waals surface area contributed by atoms with Gasteiger partial charge in [0.15, 0.2) is 0 Å². The second kappa shape index (κ2) is 48.1. The molecular formula is C54H101NO5. The molecule has 0 aliphatic carbocycles. The fourth-order valence-corrected chi connectivity index (χ4v) is 8.02. The highest BCUT2D eigenvalue weighted by Gasteiger charge is 2.24. The Morgan fingerprint density at radius 1 is 0.483 bits per heavy atom. The molecule has 0 aromatic carbocycles. The summed E-state index contributed by atoms with van der Waals surface area (Å²) in [6.07, 6.45) is 56.3. The Bertz CT molecular complexity index is 993. The summed E-state index contributed by atoms with van der Waals surface area (Å²) in [5, 5.41) is 23.8. The van der Waals surface area contributed by atoms with Gasteiger partial charge in [0, 0.05) is 6.42 Å². The van der Waals surface area contributed by atoms with Crippen molar-refractivity contribution in [2.75, 3.05) is 6.61 Å². The maximum atomic E-state index is 13.2. The first-order valence-corrected chi connectivity index (χ1v) is 26.2. The SMILES string of the molecule is CCCCCCC/C=C/C=C/C=C/CCCCCC(CC(=O)NC(CO)C(O)CCCCCCCCCCCCCCCC)OC(=O)CCCCCCCCCCCCC. The number of rotatable bonds is 47.